The first-order valence-corrected chi connectivity index (χ1v) is 1.39. The predicted molar refractivity (Wildman–Crippen MR) is 30.8 cm³/mol. The van der Waals surface area contributed by atoms with Gasteiger partial charge in [0, 0.05) is 6.54 Å². The summed E-state index contributed by atoms with van der Waals surface area (Å²) in [7, 11) is 0. The Labute approximate surface area is 48.7 Å². The van der Waals surface area contributed by atoms with Crippen LogP contribution >= 0.6 is 12.4 Å². The molecule has 0 bridgehead atoms. The first kappa shape index (κ1) is 15.8. The molecule has 0 atom stereocenters. The highest BCUT2D eigenvalue weighted by Gasteiger charge is 1.58. The average molecular weight is 128 g/mol. The zero-order valence-electron chi connectivity index (χ0n) is 3.85. The summed E-state index contributed by atoms with van der Waals surface area (Å²) in [5.74, 6) is 0. The van der Waals surface area contributed by atoms with E-state index in [0.717, 1.165) is 0 Å². The molecular weight excluding hydrogens is 117 g/mol. The van der Waals surface area contributed by atoms with Gasteiger partial charge in [-0.05, 0) is 0 Å². The van der Waals surface area contributed by atoms with Crippen molar-refractivity contribution in [2.24, 2.45) is 0 Å². The third-order valence-corrected chi connectivity index (χ3v) is 0.236. The van der Waals surface area contributed by atoms with Crippen molar-refractivity contribution < 1.29 is 10.7 Å². The van der Waals surface area contributed by atoms with Crippen molar-refractivity contribution in [3.8, 4) is 0 Å². The zero-order valence-corrected chi connectivity index (χ0v) is 4.66. The Bertz CT molecular complexity index is 34.1. The van der Waals surface area contributed by atoms with Crippen molar-refractivity contribution in [2.45, 2.75) is 0 Å². The van der Waals surface area contributed by atoms with Crippen molar-refractivity contribution in [3.05, 3.63) is 12.7 Å². The molecule has 0 aliphatic rings. The summed E-state index contributed by atoms with van der Waals surface area (Å²) in [5, 5.41) is 7.74. The molecule has 0 radical (unpaired) electrons. The fourth-order valence-corrected chi connectivity index (χ4v) is 0.0645. The standard InChI is InChI=1S/C3H7NO.ClH.H2O/c1-2-3-4-5;;/h2,4-5H,1,3H2;1H;1H2. The molecule has 0 saturated carbocycles. The average Bonchev–Trinajstić information content (AvgIpc) is 1.41. The van der Waals surface area contributed by atoms with E-state index < -0.39 is 0 Å². The molecule has 0 saturated heterocycles. The van der Waals surface area contributed by atoms with Gasteiger partial charge in [0.25, 0.3) is 0 Å². The lowest BCUT2D eigenvalue weighted by Gasteiger charge is -1.78. The monoisotopic (exact) mass is 127 g/mol. The highest BCUT2D eigenvalue weighted by Crippen LogP contribution is 1.48. The van der Waals surface area contributed by atoms with Crippen molar-refractivity contribution in [2.75, 3.05) is 6.54 Å². The first-order valence-electron chi connectivity index (χ1n) is 1.39. The van der Waals surface area contributed by atoms with Crippen LogP contribution in [0.4, 0.5) is 0 Å². The van der Waals surface area contributed by atoms with Gasteiger partial charge < -0.3 is 10.7 Å². The molecule has 0 heterocycles. The van der Waals surface area contributed by atoms with Crippen LogP contribution in [0.15, 0.2) is 12.7 Å². The quantitative estimate of drug-likeness (QED) is 0.397. The Balaban J connectivity index is -0.0000000800. The molecule has 3 nitrogen and oxygen atoms in total. The van der Waals surface area contributed by atoms with E-state index in [9.17, 15) is 0 Å². The summed E-state index contributed by atoms with van der Waals surface area (Å²) < 4.78 is 0. The molecule has 0 rings (SSSR count). The Hall–Kier alpha value is -0.0900. The van der Waals surface area contributed by atoms with E-state index >= 15 is 0 Å². The Morgan fingerprint density at radius 3 is 2.14 bits per heavy atom. The van der Waals surface area contributed by atoms with E-state index in [0.29, 0.717) is 6.54 Å². The topological polar surface area (TPSA) is 63.8 Å². The predicted octanol–water partition coefficient (Wildman–Crippen LogP) is -0.252. The molecule has 4 N–H and O–H groups in total. The van der Waals surface area contributed by atoms with Gasteiger partial charge in [-0.2, -0.15) is 0 Å². The lowest BCUT2D eigenvalue weighted by Crippen LogP contribution is -2.04. The van der Waals surface area contributed by atoms with Crippen LogP contribution in [-0.2, 0) is 0 Å². The van der Waals surface area contributed by atoms with Crippen LogP contribution in [0.1, 0.15) is 0 Å². The number of hydrogen-bond donors (Lipinski definition) is 2. The summed E-state index contributed by atoms with van der Waals surface area (Å²) in [6, 6.07) is 0. The van der Waals surface area contributed by atoms with E-state index in [1.807, 2.05) is 5.48 Å². The lowest BCUT2D eigenvalue weighted by atomic mass is 10.7. The summed E-state index contributed by atoms with van der Waals surface area (Å²) >= 11 is 0. The van der Waals surface area contributed by atoms with Gasteiger partial charge >= 0.3 is 0 Å². The lowest BCUT2D eigenvalue weighted by molar-refractivity contribution is 0.180. The number of nitrogens with one attached hydrogen (secondary N) is 1. The zero-order chi connectivity index (χ0) is 4.12. The minimum atomic E-state index is 0. The van der Waals surface area contributed by atoms with Crippen LogP contribution in [0.3, 0.4) is 0 Å². The molecule has 0 aromatic heterocycles. The van der Waals surface area contributed by atoms with Crippen molar-refractivity contribution in [1.82, 2.24) is 5.48 Å². The molecule has 0 fully saturated rings. The third-order valence-electron chi connectivity index (χ3n) is 0.236. The largest absolute Gasteiger partial charge is 0.412 e. The van der Waals surface area contributed by atoms with Gasteiger partial charge in [-0.15, -0.1) is 19.0 Å². The Kier molecular flexibility index (Phi) is 37.9. The SMILES string of the molecule is C=CCNO.Cl.O. The van der Waals surface area contributed by atoms with Crippen LogP contribution in [0.2, 0.25) is 0 Å². The molecule has 7 heavy (non-hydrogen) atoms. The van der Waals surface area contributed by atoms with E-state index in [1.54, 1.807) is 6.08 Å². The van der Waals surface area contributed by atoms with Gasteiger partial charge in [-0.1, -0.05) is 6.08 Å². The van der Waals surface area contributed by atoms with E-state index in [-0.39, 0.29) is 17.9 Å². The maximum atomic E-state index is 7.74. The third kappa shape index (κ3) is 24.8. The molecule has 0 aromatic carbocycles. The van der Waals surface area contributed by atoms with Crippen LogP contribution < -0.4 is 5.48 Å². The van der Waals surface area contributed by atoms with Crippen molar-refractivity contribution in [3.63, 3.8) is 0 Å². The fraction of sp³-hybridized carbons (Fsp3) is 0.333. The van der Waals surface area contributed by atoms with Crippen LogP contribution in [0.25, 0.3) is 0 Å². The van der Waals surface area contributed by atoms with Crippen LogP contribution in [0, 0.1) is 0 Å². The van der Waals surface area contributed by atoms with Gasteiger partial charge in [0.1, 0.15) is 0 Å². The molecule has 0 aliphatic heterocycles. The first-order chi connectivity index (χ1) is 2.41. The molecule has 46 valence electrons. The number of hydroxylamine groups is 1. The summed E-state index contributed by atoms with van der Waals surface area (Å²) in [5.41, 5.74) is 1.90. The van der Waals surface area contributed by atoms with E-state index in [4.69, 9.17) is 5.21 Å². The van der Waals surface area contributed by atoms with Gasteiger partial charge in [0.05, 0.1) is 0 Å². The summed E-state index contributed by atoms with van der Waals surface area (Å²) in [4.78, 5) is 0. The van der Waals surface area contributed by atoms with Gasteiger partial charge in [0.15, 0.2) is 0 Å². The summed E-state index contributed by atoms with van der Waals surface area (Å²) in [6.07, 6.45) is 1.57. The van der Waals surface area contributed by atoms with Crippen LogP contribution in [0.5, 0.6) is 0 Å². The Morgan fingerprint density at radius 2 is 2.14 bits per heavy atom. The molecule has 0 spiro atoms. The molecule has 0 aliphatic carbocycles. The second-order valence-corrected chi connectivity index (χ2v) is 0.651. The Morgan fingerprint density at radius 1 is 1.71 bits per heavy atom. The maximum absolute atomic E-state index is 7.74. The maximum Gasteiger partial charge on any atom is 0.0385 e. The van der Waals surface area contributed by atoms with Crippen molar-refractivity contribution in [1.29, 1.82) is 0 Å². The molecule has 0 unspecified atom stereocenters. The summed E-state index contributed by atoms with van der Waals surface area (Å²) in [6.45, 7) is 3.79. The van der Waals surface area contributed by atoms with E-state index in [1.165, 1.54) is 0 Å². The second kappa shape index (κ2) is 16.8. The minimum Gasteiger partial charge on any atom is -0.412 e. The minimum absolute atomic E-state index is 0. The molecule has 4 heteroatoms. The molecular formula is C3H10ClNO2. The smallest absolute Gasteiger partial charge is 0.0385 e. The normalized spacial score (nSPS) is 5.29. The molecule has 0 aromatic rings. The number of rotatable bonds is 2. The van der Waals surface area contributed by atoms with Crippen LogP contribution in [-0.4, -0.2) is 17.2 Å². The van der Waals surface area contributed by atoms with E-state index in [2.05, 4.69) is 6.58 Å². The fourth-order valence-electron chi connectivity index (χ4n) is 0.0645. The van der Waals surface area contributed by atoms with Gasteiger partial charge in [-0.3, -0.25) is 0 Å². The highest BCUT2D eigenvalue weighted by atomic mass is 35.5. The van der Waals surface area contributed by atoms with Gasteiger partial charge in [0.2, 0.25) is 0 Å². The molecule has 0 amide bonds. The van der Waals surface area contributed by atoms with Gasteiger partial charge in [-0.25, -0.2) is 5.48 Å². The number of hydrogen-bond acceptors (Lipinski definition) is 2. The highest BCUT2D eigenvalue weighted by molar-refractivity contribution is 5.85. The number of halogens is 1. The van der Waals surface area contributed by atoms with Crippen molar-refractivity contribution >= 4 is 12.4 Å². The second-order valence-electron chi connectivity index (χ2n) is 0.651.